The van der Waals surface area contributed by atoms with E-state index in [0.717, 1.165) is 25.8 Å². The maximum atomic E-state index is 10.2. The molecule has 0 saturated heterocycles. The molecule has 1 aliphatic rings. The highest BCUT2D eigenvalue weighted by Gasteiger charge is 2.20. The Kier molecular flexibility index (Phi) is 5.07. The molecule has 1 saturated carbocycles. The van der Waals surface area contributed by atoms with E-state index in [1.807, 2.05) is 6.07 Å². The second-order valence-corrected chi connectivity index (χ2v) is 6.86. The maximum Gasteiger partial charge on any atom is 0.0693 e. The van der Waals surface area contributed by atoms with Crippen LogP contribution in [0.4, 0.5) is 0 Å². The number of benzene rings is 1. The fraction of sp³-hybridized carbons (Fsp3) is 0.444. The number of nitrogens with one attached hydrogen (secondary N) is 1. The molecule has 1 aromatic carbocycles. The first-order valence-corrected chi connectivity index (χ1v) is 8.75. The fourth-order valence-electron chi connectivity index (χ4n) is 3.01. The Labute approximate surface area is 130 Å². The van der Waals surface area contributed by atoms with E-state index in [1.165, 1.54) is 28.8 Å². The van der Waals surface area contributed by atoms with Gasteiger partial charge in [-0.3, -0.25) is 0 Å². The molecule has 21 heavy (non-hydrogen) atoms. The van der Waals surface area contributed by atoms with Crippen LogP contribution in [0.1, 0.15) is 37.0 Å². The van der Waals surface area contributed by atoms with Crippen LogP contribution in [-0.4, -0.2) is 17.3 Å². The first-order chi connectivity index (χ1) is 10.3. The molecule has 3 heteroatoms. The number of aliphatic hydroxyl groups excluding tert-OH is 1. The Morgan fingerprint density at radius 1 is 1.05 bits per heavy atom. The molecule has 2 aromatic rings. The Morgan fingerprint density at radius 3 is 2.71 bits per heavy atom. The lowest BCUT2D eigenvalue weighted by atomic mass is 10.1. The Balaban J connectivity index is 1.60. The van der Waals surface area contributed by atoms with Gasteiger partial charge in [0.1, 0.15) is 0 Å². The van der Waals surface area contributed by atoms with Crippen LogP contribution in [0.15, 0.2) is 41.8 Å². The number of hydrogen-bond acceptors (Lipinski definition) is 3. The lowest BCUT2D eigenvalue weighted by molar-refractivity contribution is 0.119. The molecule has 3 rings (SSSR count). The summed E-state index contributed by atoms with van der Waals surface area (Å²) in [6.07, 6.45) is 5.51. The van der Waals surface area contributed by atoms with E-state index in [4.69, 9.17) is 0 Å². The van der Waals surface area contributed by atoms with Crippen molar-refractivity contribution in [1.82, 2.24) is 5.32 Å². The van der Waals surface area contributed by atoms with E-state index in [1.54, 1.807) is 11.3 Å². The third-order valence-corrected chi connectivity index (χ3v) is 5.22. The van der Waals surface area contributed by atoms with Crippen LogP contribution in [0.2, 0.25) is 0 Å². The average molecular weight is 301 g/mol. The van der Waals surface area contributed by atoms with Gasteiger partial charge in [0.05, 0.1) is 6.10 Å². The van der Waals surface area contributed by atoms with Crippen molar-refractivity contribution in [2.24, 2.45) is 0 Å². The van der Waals surface area contributed by atoms with Crippen LogP contribution < -0.4 is 5.32 Å². The summed E-state index contributed by atoms with van der Waals surface area (Å²) in [7, 11) is 0. The number of thiophene rings is 1. The second-order valence-electron chi connectivity index (χ2n) is 5.86. The summed E-state index contributed by atoms with van der Waals surface area (Å²) in [4.78, 5) is 1.34. The molecule has 0 amide bonds. The molecule has 1 aliphatic carbocycles. The standard InChI is InChI=1S/C18H23NOS/c20-18-10-6-2-5-9-17(18)19-12-16-11-15(13-21-16)14-7-3-1-4-8-14/h1,3-4,7-8,11,13,17-20H,2,5-6,9-10,12H2. The fourth-order valence-corrected chi connectivity index (χ4v) is 3.86. The van der Waals surface area contributed by atoms with Gasteiger partial charge >= 0.3 is 0 Å². The molecule has 0 radical (unpaired) electrons. The van der Waals surface area contributed by atoms with Crippen molar-refractivity contribution in [1.29, 1.82) is 0 Å². The zero-order valence-corrected chi connectivity index (χ0v) is 13.1. The number of rotatable bonds is 4. The summed E-state index contributed by atoms with van der Waals surface area (Å²) in [5.74, 6) is 0. The minimum Gasteiger partial charge on any atom is -0.392 e. The van der Waals surface area contributed by atoms with Crippen LogP contribution in [0, 0.1) is 0 Å². The van der Waals surface area contributed by atoms with Gasteiger partial charge in [0.2, 0.25) is 0 Å². The summed E-state index contributed by atoms with van der Waals surface area (Å²) in [6.45, 7) is 0.860. The van der Waals surface area contributed by atoms with E-state index in [9.17, 15) is 5.11 Å². The number of aliphatic hydroxyl groups is 1. The van der Waals surface area contributed by atoms with Crippen molar-refractivity contribution in [3.63, 3.8) is 0 Å². The third kappa shape index (κ3) is 3.94. The van der Waals surface area contributed by atoms with Crippen molar-refractivity contribution in [2.75, 3.05) is 0 Å². The van der Waals surface area contributed by atoms with Gasteiger partial charge in [-0.05, 0) is 35.4 Å². The van der Waals surface area contributed by atoms with Gasteiger partial charge in [0, 0.05) is 17.5 Å². The summed E-state index contributed by atoms with van der Waals surface area (Å²) < 4.78 is 0. The maximum absolute atomic E-state index is 10.2. The van der Waals surface area contributed by atoms with E-state index < -0.39 is 0 Å². The van der Waals surface area contributed by atoms with Gasteiger partial charge in [-0.1, -0.05) is 49.6 Å². The Morgan fingerprint density at radius 2 is 1.86 bits per heavy atom. The lowest BCUT2D eigenvalue weighted by Crippen LogP contribution is -2.38. The summed E-state index contributed by atoms with van der Waals surface area (Å²) in [6, 6.07) is 13.0. The summed E-state index contributed by atoms with van der Waals surface area (Å²) in [5, 5.41) is 15.9. The summed E-state index contributed by atoms with van der Waals surface area (Å²) >= 11 is 1.80. The normalized spacial score (nSPS) is 22.9. The first-order valence-electron chi connectivity index (χ1n) is 7.87. The van der Waals surface area contributed by atoms with Crippen molar-refractivity contribution >= 4 is 11.3 Å². The predicted molar refractivity (Wildman–Crippen MR) is 89.5 cm³/mol. The van der Waals surface area contributed by atoms with E-state index in [-0.39, 0.29) is 12.1 Å². The minimum atomic E-state index is -0.180. The molecule has 2 N–H and O–H groups in total. The van der Waals surface area contributed by atoms with Crippen LogP contribution in [-0.2, 0) is 6.54 Å². The smallest absolute Gasteiger partial charge is 0.0693 e. The molecule has 2 nitrogen and oxygen atoms in total. The molecule has 0 aliphatic heterocycles. The van der Waals surface area contributed by atoms with Crippen molar-refractivity contribution in [3.8, 4) is 11.1 Å². The van der Waals surface area contributed by atoms with E-state index in [2.05, 4.69) is 41.0 Å². The topological polar surface area (TPSA) is 32.3 Å². The molecular formula is C18H23NOS. The van der Waals surface area contributed by atoms with Gasteiger partial charge in [-0.15, -0.1) is 11.3 Å². The van der Waals surface area contributed by atoms with Crippen LogP contribution in [0.25, 0.3) is 11.1 Å². The molecule has 2 unspecified atom stereocenters. The van der Waals surface area contributed by atoms with Crippen molar-refractivity contribution in [3.05, 3.63) is 46.7 Å². The van der Waals surface area contributed by atoms with E-state index >= 15 is 0 Å². The van der Waals surface area contributed by atoms with Gasteiger partial charge in [0.15, 0.2) is 0 Å². The van der Waals surface area contributed by atoms with E-state index in [0.29, 0.717) is 0 Å². The number of hydrogen-bond donors (Lipinski definition) is 2. The Bertz CT molecular complexity index is 551. The quantitative estimate of drug-likeness (QED) is 0.830. The van der Waals surface area contributed by atoms with Gasteiger partial charge in [-0.2, -0.15) is 0 Å². The van der Waals surface area contributed by atoms with Gasteiger partial charge in [0.25, 0.3) is 0 Å². The highest BCUT2D eigenvalue weighted by Crippen LogP contribution is 2.26. The highest BCUT2D eigenvalue weighted by molar-refractivity contribution is 7.10. The van der Waals surface area contributed by atoms with Crippen LogP contribution >= 0.6 is 11.3 Å². The zero-order chi connectivity index (χ0) is 14.5. The monoisotopic (exact) mass is 301 g/mol. The predicted octanol–water partition coefficient (Wildman–Crippen LogP) is 4.20. The molecule has 112 valence electrons. The van der Waals surface area contributed by atoms with Crippen LogP contribution in [0.5, 0.6) is 0 Å². The summed E-state index contributed by atoms with van der Waals surface area (Å²) in [5.41, 5.74) is 2.56. The van der Waals surface area contributed by atoms with Gasteiger partial charge in [-0.25, -0.2) is 0 Å². The SMILES string of the molecule is OC1CCCCCC1NCc1cc(-c2ccccc2)cs1. The largest absolute Gasteiger partial charge is 0.392 e. The molecule has 0 spiro atoms. The molecule has 1 fully saturated rings. The second kappa shape index (κ2) is 7.21. The van der Waals surface area contributed by atoms with Gasteiger partial charge < -0.3 is 10.4 Å². The molecule has 1 aromatic heterocycles. The third-order valence-electron chi connectivity index (χ3n) is 4.28. The minimum absolute atomic E-state index is 0.180. The van der Waals surface area contributed by atoms with Crippen molar-refractivity contribution in [2.45, 2.75) is 50.8 Å². The van der Waals surface area contributed by atoms with Crippen LogP contribution in [0.3, 0.4) is 0 Å². The average Bonchev–Trinajstić information content (AvgIpc) is 2.90. The molecule has 1 heterocycles. The molecule has 2 atom stereocenters. The zero-order valence-electron chi connectivity index (χ0n) is 12.3. The highest BCUT2D eigenvalue weighted by atomic mass is 32.1. The first kappa shape index (κ1) is 14.8. The van der Waals surface area contributed by atoms with Crippen molar-refractivity contribution < 1.29 is 5.11 Å². The molecule has 0 bridgehead atoms. The lowest BCUT2D eigenvalue weighted by Gasteiger charge is -2.21. The molecular weight excluding hydrogens is 278 g/mol. The Hall–Kier alpha value is -1.16.